The van der Waals surface area contributed by atoms with Crippen molar-refractivity contribution in [3.05, 3.63) is 42.0 Å². The third-order valence-electron chi connectivity index (χ3n) is 4.32. The molecule has 0 radical (unpaired) electrons. The Morgan fingerprint density at radius 1 is 1.21 bits per heavy atom. The molecule has 1 aliphatic heterocycles. The summed E-state index contributed by atoms with van der Waals surface area (Å²) in [5.74, 6) is 0. The number of hydrogen-bond acceptors (Lipinski definition) is 5. The zero-order valence-electron chi connectivity index (χ0n) is 14.1. The van der Waals surface area contributed by atoms with Crippen LogP contribution in [0, 0.1) is 0 Å². The van der Waals surface area contributed by atoms with Crippen molar-refractivity contribution in [3.8, 4) is 0 Å². The number of rotatable bonds is 5. The number of pyridine rings is 1. The van der Waals surface area contributed by atoms with Crippen LogP contribution in [-0.2, 0) is 30.0 Å². The minimum Gasteiger partial charge on any atom is -0.296 e. The fraction of sp³-hybridized carbons (Fsp3) is 0.500. The maximum atomic E-state index is 12.6. The normalized spacial score (nSPS) is 17.2. The molecule has 0 aromatic carbocycles. The highest BCUT2D eigenvalue weighted by Gasteiger charge is 2.28. The molecule has 2 aromatic heterocycles. The number of aromatic nitrogens is 3. The predicted molar refractivity (Wildman–Crippen MR) is 90.9 cm³/mol. The molecule has 7 nitrogen and oxygen atoms in total. The highest BCUT2D eigenvalue weighted by molar-refractivity contribution is 7.89. The molecule has 0 bridgehead atoms. The van der Waals surface area contributed by atoms with Crippen molar-refractivity contribution >= 4 is 10.0 Å². The van der Waals surface area contributed by atoms with Crippen molar-refractivity contribution in [2.24, 2.45) is 7.05 Å². The summed E-state index contributed by atoms with van der Waals surface area (Å²) in [5, 5.41) is 4.47. The van der Waals surface area contributed by atoms with Crippen LogP contribution in [0.3, 0.4) is 0 Å². The van der Waals surface area contributed by atoms with Gasteiger partial charge in [-0.2, -0.15) is 9.40 Å². The number of nitrogens with zero attached hydrogens (tertiary/aromatic N) is 5. The molecule has 1 aliphatic rings. The number of hydrogen-bond donors (Lipinski definition) is 0. The lowest BCUT2D eigenvalue weighted by molar-refractivity contribution is 0.181. The zero-order chi connectivity index (χ0) is 17.2. The lowest BCUT2D eigenvalue weighted by Gasteiger charge is -2.33. The molecule has 0 atom stereocenters. The molecule has 1 fully saturated rings. The first-order valence-corrected chi connectivity index (χ1v) is 9.58. The minimum atomic E-state index is -3.44. The fourth-order valence-electron chi connectivity index (χ4n) is 3.03. The first kappa shape index (κ1) is 17.1. The molecule has 0 unspecified atom stereocenters. The summed E-state index contributed by atoms with van der Waals surface area (Å²) in [5.41, 5.74) is 2.34. The maximum Gasteiger partial charge on any atom is 0.244 e. The van der Waals surface area contributed by atoms with E-state index in [2.05, 4.69) is 28.1 Å². The summed E-state index contributed by atoms with van der Waals surface area (Å²) in [6.45, 7) is 5.36. The van der Waals surface area contributed by atoms with Gasteiger partial charge < -0.3 is 0 Å². The third kappa shape index (κ3) is 3.50. The van der Waals surface area contributed by atoms with Crippen LogP contribution in [0.1, 0.15) is 18.2 Å². The molecule has 130 valence electrons. The molecular weight excluding hydrogens is 326 g/mol. The highest BCUT2D eigenvalue weighted by atomic mass is 32.2. The highest BCUT2D eigenvalue weighted by Crippen LogP contribution is 2.18. The lowest BCUT2D eigenvalue weighted by Crippen LogP contribution is -2.48. The van der Waals surface area contributed by atoms with E-state index in [4.69, 9.17) is 0 Å². The Bertz CT molecular complexity index is 780. The van der Waals surface area contributed by atoms with Gasteiger partial charge in [0.15, 0.2) is 0 Å². The Morgan fingerprint density at radius 3 is 2.58 bits per heavy atom. The Kier molecular flexibility index (Phi) is 4.98. The third-order valence-corrected chi connectivity index (χ3v) is 6.21. The van der Waals surface area contributed by atoms with Crippen molar-refractivity contribution in [2.75, 3.05) is 26.2 Å². The lowest BCUT2D eigenvalue weighted by atomic mass is 10.2. The van der Waals surface area contributed by atoms with Crippen LogP contribution >= 0.6 is 0 Å². The van der Waals surface area contributed by atoms with Crippen LogP contribution < -0.4 is 0 Å². The van der Waals surface area contributed by atoms with Gasteiger partial charge in [0.2, 0.25) is 10.0 Å². The van der Waals surface area contributed by atoms with Crippen LogP contribution in [0.15, 0.2) is 35.6 Å². The Morgan fingerprint density at radius 2 is 1.96 bits per heavy atom. The second-order valence-corrected chi connectivity index (χ2v) is 7.94. The van der Waals surface area contributed by atoms with Gasteiger partial charge in [-0.1, -0.05) is 6.92 Å². The van der Waals surface area contributed by atoms with Crippen molar-refractivity contribution in [3.63, 3.8) is 0 Å². The SMILES string of the molecule is CCc1nn(C)cc1CN1CCN(S(=O)(=O)c2cccnc2)CC1. The van der Waals surface area contributed by atoms with E-state index in [9.17, 15) is 8.42 Å². The van der Waals surface area contributed by atoms with E-state index in [-0.39, 0.29) is 4.90 Å². The van der Waals surface area contributed by atoms with Crippen molar-refractivity contribution in [2.45, 2.75) is 24.8 Å². The fourth-order valence-corrected chi connectivity index (χ4v) is 4.42. The van der Waals surface area contributed by atoms with Gasteiger partial charge in [-0.15, -0.1) is 0 Å². The monoisotopic (exact) mass is 349 g/mol. The van der Waals surface area contributed by atoms with Gasteiger partial charge in [-0.3, -0.25) is 14.6 Å². The van der Waals surface area contributed by atoms with Crippen LogP contribution in [0.2, 0.25) is 0 Å². The van der Waals surface area contributed by atoms with Crippen LogP contribution in [0.5, 0.6) is 0 Å². The van der Waals surface area contributed by atoms with Gasteiger partial charge in [0.05, 0.1) is 5.69 Å². The van der Waals surface area contributed by atoms with E-state index in [1.54, 1.807) is 22.6 Å². The topological polar surface area (TPSA) is 71.3 Å². The quantitative estimate of drug-likeness (QED) is 0.801. The molecule has 0 N–H and O–H groups in total. The number of sulfonamides is 1. The smallest absolute Gasteiger partial charge is 0.244 e. The second kappa shape index (κ2) is 7.00. The van der Waals surface area contributed by atoms with E-state index in [0.29, 0.717) is 13.1 Å². The van der Waals surface area contributed by atoms with Gasteiger partial charge in [-0.05, 0) is 18.6 Å². The standard InChI is InChI=1S/C16H23N5O2S/c1-3-16-14(12-19(2)18-16)13-20-7-9-21(10-8-20)24(22,23)15-5-4-6-17-11-15/h4-6,11-12H,3,7-10,13H2,1-2H3. The van der Waals surface area contributed by atoms with Gasteiger partial charge in [0, 0.05) is 63.9 Å². The summed E-state index contributed by atoms with van der Waals surface area (Å²) in [6.07, 6.45) is 5.95. The van der Waals surface area contributed by atoms with Crippen LogP contribution in [0.25, 0.3) is 0 Å². The molecule has 8 heteroatoms. The van der Waals surface area contributed by atoms with Crippen molar-refractivity contribution in [1.29, 1.82) is 0 Å². The van der Waals surface area contributed by atoms with E-state index >= 15 is 0 Å². The molecule has 0 saturated carbocycles. The molecule has 2 aromatic rings. The van der Waals surface area contributed by atoms with Crippen LogP contribution in [-0.4, -0.2) is 58.6 Å². The Labute approximate surface area is 143 Å². The van der Waals surface area contributed by atoms with E-state index in [1.165, 1.54) is 11.8 Å². The molecule has 1 saturated heterocycles. The van der Waals surface area contributed by atoms with Crippen molar-refractivity contribution < 1.29 is 8.42 Å². The summed E-state index contributed by atoms with van der Waals surface area (Å²) in [6, 6.07) is 3.25. The Hall–Kier alpha value is -1.77. The average Bonchev–Trinajstić information content (AvgIpc) is 2.95. The molecule has 0 spiro atoms. The molecular formula is C16H23N5O2S. The molecule has 3 rings (SSSR count). The second-order valence-electron chi connectivity index (χ2n) is 6.00. The molecule has 24 heavy (non-hydrogen) atoms. The van der Waals surface area contributed by atoms with Gasteiger partial charge >= 0.3 is 0 Å². The summed E-state index contributed by atoms with van der Waals surface area (Å²) in [4.78, 5) is 6.46. The maximum absolute atomic E-state index is 12.6. The minimum absolute atomic E-state index is 0.263. The van der Waals surface area contributed by atoms with Crippen molar-refractivity contribution in [1.82, 2.24) is 24.0 Å². The first-order valence-electron chi connectivity index (χ1n) is 8.14. The van der Waals surface area contributed by atoms with Gasteiger partial charge in [0.25, 0.3) is 0 Å². The van der Waals surface area contributed by atoms with Gasteiger partial charge in [-0.25, -0.2) is 8.42 Å². The summed E-state index contributed by atoms with van der Waals surface area (Å²) in [7, 11) is -1.51. The number of piperazine rings is 1. The average molecular weight is 349 g/mol. The first-order chi connectivity index (χ1) is 11.5. The largest absolute Gasteiger partial charge is 0.296 e. The predicted octanol–water partition coefficient (Wildman–Crippen LogP) is 0.884. The van der Waals surface area contributed by atoms with Gasteiger partial charge in [0.1, 0.15) is 4.90 Å². The summed E-state index contributed by atoms with van der Waals surface area (Å²) >= 11 is 0. The molecule has 0 aliphatic carbocycles. The van der Waals surface area contributed by atoms with E-state index in [0.717, 1.165) is 31.7 Å². The number of aryl methyl sites for hydroxylation is 2. The summed E-state index contributed by atoms with van der Waals surface area (Å²) < 4.78 is 28.6. The van der Waals surface area contributed by atoms with Crippen LogP contribution in [0.4, 0.5) is 0 Å². The van der Waals surface area contributed by atoms with E-state index < -0.39 is 10.0 Å². The Balaban J connectivity index is 1.64. The van der Waals surface area contributed by atoms with E-state index in [1.807, 2.05) is 11.7 Å². The molecule has 0 amide bonds. The zero-order valence-corrected chi connectivity index (χ0v) is 14.9. The molecule has 3 heterocycles.